The molecule has 0 spiro atoms. The van der Waals surface area contributed by atoms with Crippen molar-refractivity contribution in [2.24, 2.45) is 0 Å². The van der Waals surface area contributed by atoms with Gasteiger partial charge in [-0.3, -0.25) is 10.1 Å². The third kappa shape index (κ3) is 4.70. The second-order valence-electron chi connectivity index (χ2n) is 5.17. The van der Waals surface area contributed by atoms with Crippen molar-refractivity contribution in [2.75, 3.05) is 11.9 Å². The van der Waals surface area contributed by atoms with Crippen molar-refractivity contribution in [3.8, 4) is 0 Å². The Balaban J connectivity index is 2.49. The molecule has 0 saturated carbocycles. The van der Waals surface area contributed by atoms with Gasteiger partial charge in [0.05, 0.1) is 5.69 Å². The molecule has 0 aliphatic carbocycles. The molecule has 1 aromatic heterocycles. The molecule has 2 N–H and O–H groups in total. The van der Waals surface area contributed by atoms with Gasteiger partial charge in [-0.1, -0.05) is 25.9 Å². The molecule has 0 bridgehead atoms. The Bertz CT molecular complexity index is 461. The Hall–Kier alpha value is -1.89. The van der Waals surface area contributed by atoms with E-state index in [1.807, 2.05) is 20.8 Å². The Kier molecular flexibility index (Phi) is 4.66. The molecule has 1 rings (SSSR count). The van der Waals surface area contributed by atoms with Crippen LogP contribution in [0.3, 0.4) is 0 Å². The van der Waals surface area contributed by atoms with Crippen molar-refractivity contribution >= 4 is 17.8 Å². The number of ether oxygens (including phenoxy) is 1. The molecule has 0 aromatic carbocycles. The highest BCUT2D eigenvalue weighted by molar-refractivity contribution is 5.90. The van der Waals surface area contributed by atoms with Gasteiger partial charge in [0, 0.05) is 11.5 Å². The van der Waals surface area contributed by atoms with E-state index in [1.165, 1.54) is 6.92 Å². The molecule has 7 heteroatoms. The SMILES string of the molecule is C[C@H](OCC(=O)Nc1cc(C(C)(C)C)no1)C(=O)O. The van der Waals surface area contributed by atoms with Gasteiger partial charge >= 0.3 is 5.97 Å². The Labute approximate surface area is 110 Å². The summed E-state index contributed by atoms with van der Waals surface area (Å²) in [6, 6.07) is 1.62. The molecule has 1 aromatic rings. The molecular weight excluding hydrogens is 252 g/mol. The maximum Gasteiger partial charge on any atom is 0.332 e. The van der Waals surface area contributed by atoms with E-state index >= 15 is 0 Å². The second kappa shape index (κ2) is 5.83. The summed E-state index contributed by atoms with van der Waals surface area (Å²) in [7, 11) is 0. The lowest BCUT2D eigenvalue weighted by molar-refractivity contribution is -0.150. The number of nitrogens with zero attached hydrogens (tertiary/aromatic N) is 1. The van der Waals surface area contributed by atoms with Crippen molar-refractivity contribution in [1.82, 2.24) is 5.16 Å². The lowest BCUT2D eigenvalue weighted by atomic mass is 9.92. The van der Waals surface area contributed by atoms with Gasteiger partial charge in [-0.25, -0.2) is 4.79 Å². The predicted molar refractivity (Wildman–Crippen MR) is 66.9 cm³/mol. The number of aromatic nitrogens is 1. The fourth-order valence-electron chi connectivity index (χ4n) is 1.13. The summed E-state index contributed by atoms with van der Waals surface area (Å²) in [6.45, 7) is 6.89. The number of carbonyl (C=O) groups excluding carboxylic acids is 1. The van der Waals surface area contributed by atoms with Crippen molar-refractivity contribution in [2.45, 2.75) is 39.2 Å². The maximum absolute atomic E-state index is 11.5. The molecule has 0 radical (unpaired) electrons. The molecule has 0 unspecified atom stereocenters. The van der Waals surface area contributed by atoms with Gasteiger partial charge in [0.25, 0.3) is 5.91 Å². The zero-order valence-electron chi connectivity index (χ0n) is 11.4. The monoisotopic (exact) mass is 270 g/mol. The van der Waals surface area contributed by atoms with Gasteiger partial charge in [-0.05, 0) is 6.92 Å². The summed E-state index contributed by atoms with van der Waals surface area (Å²) >= 11 is 0. The van der Waals surface area contributed by atoms with Crippen LogP contribution in [0.4, 0.5) is 5.88 Å². The molecule has 0 aliphatic rings. The summed E-state index contributed by atoms with van der Waals surface area (Å²) in [6.07, 6.45) is -1.04. The Morgan fingerprint density at radius 1 is 1.53 bits per heavy atom. The molecular formula is C12H18N2O5. The number of carboxylic acid groups (broad SMARTS) is 1. The normalized spacial score (nSPS) is 13.1. The van der Waals surface area contributed by atoms with Crippen molar-refractivity contribution in [3.05, 3.63) is 11.8 Å². The van der Waals surface area contributed by atoms with Gasteiger partial charge in [0.1, 0.15) is 6.61 Å². The quantitative estimate of drug-likeness (QED) is 0.838. The van der Waals surface area contributed by atoms with E-state index < -0.39 is 18.0 Å². The number of carboxylic acids is 1. The van der Waals surface area contributed by atoms with Crippen molar-refractivity contribution in [1.29, 1.82) is 0 Å². The van der Waals surface area contributed by atoms with Crippen LogP contribution in [-0.4, -0.2) is 34.9 Å². The summed E-state index contributed by atoms with van der Waals surface area (Å²) in [4.78, 5) is 22.0. The minimum absolute atomic E-state index is 0.180. The first-order chi connectivity index (χ1) is 8.70. The first kappa shape index (κ1) is 15.2. The number of hydrogen-bond donors (Lipinski definition) is 2. The maximum atomic E-state index is 11.5. The van der Waals surface area contributed by atoms with Gasteiger partial charge in [0.15, 0.2) is 6.10 Å². The van der Waals surface area contributed by atoms with Crippen LogP contribution < -0.4 is 5.32 Å². The van der Waals surface area contributed by atoms with Crippen LogP contribution in [0.5, 0.6) is 0 Å². The zero-order valence-corrected chi connectivity index (χ0v) is 11.4. The number of amides is 1. The molecule has 7 nitrogen and oxygen atoms in total. The van der Waals surface area contributed by atoms with Gasteiger partial charge in [-0.2, -0.15) is 0 Å². The first-order valence-electron chi connectivity index (χ1n) is 5.81. The van der Waals surface area contributed by atoms with E-state index in [1.54, 1.807) is 6.07 Å². The van der Waals surface area contributed by atoms with Crippen molar-refractivity contribution in [3.63, 3.8) is 0 Å². The van der Waals surface area contributed by atoms with Crippen LogP contribution >= 0.6 is 0 Å². The highest BCUT2D eigenvalue weighted by Crippen LogP contribution is 2.23. The Morgan fingerprint density at radius 3 is 2.63 bits per heavy atom. The molecule has 0 saturated heterocycles. The summed E-state index contributed by atoms with van der Waals surface area (Å²) < 4.78 is 9.80. The smallest absolute Gasteiger partial charge is 0.332 e. The van der Waals surface area contributed by atoms with Gasteiger partial charge in [0.2, 0.25) is 5.88 Å². The standard InChI is InChI=1S/C12H18N2O5/c1-7(11(16)17)18-6-9(15)13-10-5-8(14-19-10)12(2,3)4/h5,7H,6H2,1-4H3,(H,13,15)(H,16,17)/t7-/m0/s1. The zero-order chi connectivity index (χ0) is 14.6. The lowest BCUT2D eigenvalue weighted by Gasteiger charge is -2.12. The number of nitrogens with one attached hydrogen (secondary N) is 1. The van der Waals surface area contributed by atoms with Crippen LogP contribution in [-0.2, 0) is 19.7 Å². The Morgan fingerprint density at radius 2 is 2.16 bits per heavy atom. The fourth-order valence-corrected chi connectivity index (χ4v) is 1.13. The van der Waals surface area contributed by atoms with Gasteiger partial charge < -0.3 is 14.4 Å². The minimum Gasteiger partial charge on any atom is -0.479 e. The molecule has 1 heterocycles. The van der Waals surface area contributed by atoms with Crippen LogP contribution in [0.25, 0.3) is 0 Å². The van der Waals surface area contributed by atoms with Crippen LogP contribution in [0, 0.1) is 0 Å². The molecule has 0 aliphatic heterocycles. The number of rotatable bonds is 5. The van der Waals surface area contributed by atoms with Crippen molar-refractivity contribution < 1.29 is 24.0 Å². The largest absolute Gasteiger partial charge is 0.479 e. The van der Waals surface area contributed by atoms with Crippen LogP contribution in [0.2, 0.25) is 0 Å². The summed E-state index contributed by atoms with van der Waals surface area (Å²) in [5.74, 6) is -1.41. The van der Waals surface area contributed by atoms with Crippen LogP contribution in [0.15, 0.2) is 10.6 Å². The van der Waals surface area contributed by atoms with E-state index in [0.717, 1.165) is 0 Å². The third-order valence-corrected chi connectivity index (χ3v) is 2.35. The topological polar surface area (TPSA) is 102 Å². The van der Waals surface area contributed by atoms with E-state index in [0.29, 0.717) is 5.69 Å². The highest BCUT2D eigenvalue weighted by atomic mass is 16.5. The fraction of sp³-hybridized carbons (Fsp3) is 0.583. The molecule has 106 valence electrons. The lowest BCUT2D eigenvalue weighted by Crippen LogP contribution is -2.26. The highest BCUT2D eigenvalue weighted by Gasteiger charge is 2.20. The predicted octanol–water partition coefficient (Wildman–Crippen LogP) is 1.40. The number of hydrogen-bond acceptors (Lipinski definition) is 5. The molecule has 0 fully saturated rings. The number of aliphatic carboxylic acids is 1. The number of anilines is 1. The molecule has 19 heavy (non-hydrogen) atoms. The average molecular weight is 270 g/mol. The molecule has 1 amide bonds. The molecule has 1 atom stereocenters. The van der Waals surface area contributed by atoms with E-state index in [4.69, 9.17) is 14.4 Å². The average Bonchev–Trinajstić information content (AvgIpc) is 2.73. The van der Waals surface area contributed by atoms with Crippen LogP contribution in [0.1, 0.15) is 33.4 Å². The van der Waals surface area contributed by atoms with E-state index in [-0.39, 0.29) is 17.9 Å². The first-order valence-corrected chi connectivity index (χ1v) is 5.81. The van der Waals surface area contributed by atoms with Gasteiger partial charge in [-0.15, -0.1) is 0 Å². The summed E-state index contributed by atoms with van der Waals surface area (Å²) in [5, 5.41) is 14.9. The van der Waals surface area contributed by atoms with E-state index in [2.05, 4.69) is 10.5 Å². The summed E-state index contributed by atoms with van der Waals surface area (Å²) in [5.41, 5.74) is 0.531. The van der Waals surface area contributed by atoms with E-state index in [9.17, 15) is 9.59 Å². The second-order valence-corrected chi connectivity index (χ2v) is 5.17. The minimum atomic E-state index is -1.12. The number of carbonyl (C=O) groups is 2. The third-order valence-electron chi connectivity index (χ3n) is 2.35.